The van der Waals surface area contributed by atoms with Crippen LogP contribution in [0, 0.1) is 0 Å². The SMILES string of the molecule is O=S(=O)([O-])OCCS(=O)(=O)c1ccc(N=Nc2cc(S(=O)(=O)[O-])c3ccccc3c2[O-])c([O-])c1.[Cu+2].[K+].[K+]. The molecule has 0 atom stereocenters. The number of fused-ring (bicyclic) bond motifs is 1. The third kappa shape index (κ3) is 10.2. The minimum absolute atomic E-state index is 0. The van der Waals surface area contributed by atoms with Crippen molar-refractivity contribution in [1.29, 1.82) is 0 Å². The van der Waals surface area contributed by atoms with Crippen LogP contribution < -0.4 is 113 Å². The number of hydrogen-bond donors (Lipinski definition) is 0. The van der Waals surface area contributed by atoms with Gasteiger partial charge in [0.2, 0.25) is 10.4 Å². The Bertz CT molecular complexity index is 1630. The number of nitrogens with zero attached hydrogens (tertiary/aromatic N) is 2. The molecule has 0 heterocycles. The van der Waals surface area contributed by atoms with Gasteiger partial charge < -0.3 is 19.3 Å². The molecular weight excluding hydrogens is 658 g/mol. The van der Waals surface area contributed by atoms with Crippen molar-refractivity contribution in [3.63, 3.8) is 0 Å². The van der Waals surface area contributed by atoms with E-state index in [9.17, 15) is 44.6 Å². The number of sulfone groups is 1. The quantitative estimate of drug-likeness (QED) is 0.0951. The molecule has 0 spiro atoms. The predicted octanol–water partition coefficient (Wildman–Crippen LogP) is -5.44. The van der Waals surface area contributed by atoms with Crippen molar-refractivity contribution in [1.82, 2.24) is 0 Å². The van der Waals surface area contributed by atoms with Crippen molar-refractivity contribution in [3.8, 4) is 11.5 Å². The molecule has 0 aliphatic carbocycles. The molecule has 37 heavy (non-hydrogen) atoms. The predicted molar refractivity (Wildman–Crippen MR) is 109 cm³/mol. The summed E-state index contributed by atoms with van der Waals surface area (Å²) in [7, 11) is -14.3. The Morgan fingerprint density at radius 3 is 1.89 bits per heavy atom. The van der Waals surface area contributed by atoms with Gasteiger partial charge in [-0.25, -0.2) is 25.3 Å². The van der Waals surface area contributed by atoms with Gasteiger partial charge >= 0.3 is 120 Å². The second-order valence-corrected chi connectivity index (χ2v) is 11.1. The van der Waals surface area contributed by atoms with Gasteiger partial charge in [-0.05, 0) is 35.0 Å². The first-order valence-electron chi connectivity index (χ1n) is 8.93. The summed E-state index contributed by atoms with van der Waals surface area (Å²) in [6.07, 6.45) is 0. The van der Waals surface area contributed by atoms with E-state index in [4.69, 9.17) is 0 Å². The Balaban J connectivity index is 0.00000432. The summed E-state index contributed by atoms with van der Waals surface area (Å²) < 4.78 is 94.2. The van der Waals surface area contributed by atoms with Gasteiger partial charge in [0.05, 0.1) is 33.5 Å². The molecule has 0 amide bonds. The van der Waals surface area contributed by atoms with Crippen LogP contribution in [0.2, 0.25) is 0 Å². The average Bonchev–Trinajstić information content (AvgIpc) is 2.72. The first-order valence-corrected chi connectivity index (χ1v) is 13.3. The van der Waals surface area contributed by atoms with E-state index in [1.54, 1.807) is 0 Å². The Morgan fingerprint density at radius 1 is 0.784 bits per heavy atom. The van der Waals surface area contributed by atoms with Gasteiger partial charge in [0.25, 0.3) is 0 Å². The molecule has 0 N–H and O–H groups in total. The molecule has 0 bridgehead atoms. The number of hydrogen-bond acceptors (Lipinski definition) is 13. The molecule has 1 radical (unpaired) electrons. The zero-order chi connectivity index (χ0) is 25.3. The van der Waals surface area contributed by atoms with E-state index >= 15 is 0 Å². The summed E-state index contributed by atoms with van der Waals surface area (Å²) >= 11 is 0. The van der Waals surface area contributed by atoms with Crippen LogP contribution in [-0.4, -0.2) is 46.7 Å². The minimum atomic E-state index is -5.09. The van der Waals surface area contributed by atoms with Crippen LogP contribution in [0.1, 0.15) is 0 Å². The Kier molecular flexibility index (Phi) is 15.3. The molecule has 0 saturated heterocycles. The van der Waals surface area contributed by atoms with E-state index in [1.165, 1.54) is 24.3 Å². The van der Waals surface area contributed by atoms with Crippen molar-refractivity contribution in [2.24, 2.45) is 10.2 Å². The molecule has 0 aliphatic heterocycles. The number of benzene rings is 3. The van der Waals surface area contributed by atoms with E-state index in [2.05, 4.69) is 14.4 Å². The van der Waals surface area contributed by atoms with Gasteiger partial charge in [0.15, 0.2) is 9.84 Å². The van der Waals surface area contributed by atoms with Crippen LogP contribution in [0.15, 0.2) is 68.6 Å². The second kappa shape index (κ2) is 15.0. The van der Waals surface area contributed by atoms with Gasteiger partial charge in [0, 0.05) is 0 Å². The zero-order valence-electron chi connectivity index (χ0n) is 18.9. The van der Waals surface area contributed by atoms with Gasteiger partial charge in [-0.2, -0.15) is 10.2 Å². The van der Waals surface area contributed by atoms with Gasteiger partial charge in [0.1, 0.15) is 10.1 Å². The third-order valence-corrected chi connectivity index (χ3v) is 7.35. The van der Waals surface area contributed by atoms with Crippen LogP contribution in [-0.2, 0) is 51.6 Å². The Morgan fingerprint density at radius 2 is 1.35 bits per heavy atom. The largest absolute Gasteiger partial charge is 2.00 e. The zero-order valence-corrected chi connectivity index (χ0v) is 28.6. The van der Waals surface area contributed by atoms with Crippen LogP contribution in [0.25, 0.3) is 10.8 Å². The van der Waals surface area contributed by atoms with Crippen LogP contribution in [0.5, 0.6) is 11.5 Å². The van der Waals surface area contributed by atoms with E-state index in [0.29, 0.717) is 6.07 Å². The molecule has 3 rings (SSSR count). The molecule has 0 unspecified atom stereocenters. The molecule has 0 aliphatic rings. The smallest absolute Gasteiger partial charge is 0.871 e. The second-order valence-electron chi connectivity index (χ2n) is 6.60. The molecule has 3 aromatic carbocycles. The van der Waals surface area contributed by atoms with Gasteiger partial charge in [-0.3, -0.25) is 4.18 Å². The van der Waals surface area contributed by atoms with Gasteiger partial charge in [-0.1, -0.05) is 35.8 Å². The molecule has 19 heteroatoms. The van der Waals surface area contributed by atoms with E-state index in [0.717, 1.165) is 18.2 Å². The Labute approximate surface area is 308 Å². The maximum absolute atomic E-state index is 12.6. The summed E-state index contributed by atoms with van der Waals surface area (Å²) in [5, 5.41) is 31.7. The fourth-order valence-electron chi connectivity index (χ4n) is 2.82. The van der Waals surface area contributed by atoms with Crippen LogP contribution >= 0.6 is 0 Å². The number of rotatable bonds is 8. The maximum atomic E-state index is 12.6. The van der Waals surface area contributed by atoms with Crippen molar-refractivity contribution in [2.75, 3.05) is 12.4 Å². The first kappa shape index (κ1) is 37.6. The summed E-state index contributed by atoms with van der Waals surface area (Å²) in [6.45, 7) is -0.955. The molecule has 13 nitrogen and oxygen atoms in total. The molecule has 0 fully saturated rings. The fraction of sp³-hybridized carbons (Fsp3) is 0.111. The Hall–Kier alpha value is 0.642. The molecule has 0 saturated carbocycles. The standard InChI is InChI=1S/C18H16N2O11S3.Cu.2K/c21-16-9-11(32(23,24)8-7-31-34(28,29)30)5-6-14(16)19-20-15-10-17(33(25,26)27)12-3-1-2-4-13(12)18(15)22;;;/h1-6,9-10,21-22H,7-8H2,(H,25,26,27)(H,28,29,30);;;/q;+2;2*+1/p-4. The molecule has 0 aromatic heterocycles. The van der Waals surface area contributed by atoms with Crippen molar-refractivity contribution >= 4 is 52.5 Å². The van der Waals surface area contributed by atoms with Crippen LogP contribution in [0.4, 0.5) is 11.4 Å². The number of azo groups is 1. The van der Waals surface area contributed by atoms with Gasteiger partial charge in [-0.15, -0.1) is 0 Å². The van der Waals surface area contributed by atoms with E-state index in [1.807, 2.05) is 0 Å². The first-order chi connectivity index (χ1) is 15.7. The molecular formula is C18H12CuK2N2O11S3. The third-order valence-electron chi connectivity index (χ3n) is 4.34. The maximum Gasteiger partial charge on any atom is 2.00 e. The van der Waals surface area contributed by atoms with E-state index < -0.39 is 75.4 Å². The summed E-state index contributed by atoms with van der Waals surface area (Å²) in [4.78, 5) is -1.22. The normalized spacial score (nSPS) is 11.9. The van der Waals surface area contributed by atoms with E-state index in [-0.39, 0.29) is 131 Å². The fourth-order valence-corrected chi connectivity index (χ4v) is 5.02. The summed E-state index contributed by atoms with van der Waals surface area (Å²) in [5.41, 5.74) is -0.961. The average molecular weight is 670 g/mol. The minimum Gasteiger partial charge on any atom is -0.871 e. The van der Waals surface area contributed by atoms with Crippen LogP contribution in [0.3, 0.4) is 0 Å². The molecule has 191 valence electrons. The summed E-state index contributed by atoms with van der Waals surface area (Å²) in [5.74, 6) is -2.61. The van der Waals surface area contributed by atoms with Crippen molar-refractivity contribution in [2.45, 2.75) is 9.79 Å². The van der Waals surface area contributed by atoms with Crippen molar-refractivity contribution in [3.05, 3.63) is 48.5 Å². The summed E-state index contributed by atoms with van der Waals surface area (Å²) in [6, 6.07) is 8.70. The topological polar surface area (TPSA) is 229 Å². The monoisotopic (exact) mass is 669 g/mol. The molecule has 3 aromatic rings. The van der Waals surface area contributed by atoms with Crippen molar-refractivity contribution < 1.29 is 169 Å².